The average Bonchev–Trinajstić information content (AvgIpc) is 2.80. The Morgan fingerprint density at radius 2 is 2.06 bits per heavy atom. The molecule has 0 aliphatic heterocycles. The molecule has 0 fully saturated rings. The topological polar surface area (TPSA) is 80.9 Å². The first-order valence-electron chi connectivity index (χ1n) is 4.58. The fourth-order valence-corrected chi connectivity index (χ4v) is 1.27. The average molecular weight is 258 g/mol. The number of carbonyl (C=O) groups is 1. The number of aromatic carboxylic acids is 1. The molecule has 94 valence electrons. The van der Waals surface area contributed by atoms with Gasteiger partial charge in [-0.1, -0.05) is 5.21 Å². The van der Waals surface area contributed by atoms with Crippen LogP contribution in [0.15, 0.2) is 24.5 Å². The molecule has 9 heteroatoms. The number of carboxylic acid groups (broad SMARTS) is 1. The highest BCUT2D eigenvalue weighted by molar-refractivity contribution is 5.91. The van der Waals surface area contributed by atoms with Crippen molar-refractivity contribution in [3.8, 4) is 5.82 Å². The maximum Gasteiger partial charge on any atom is 0.433 e. The lowest BCUT2D eigenvalue weighted by atomic mass is 10.2. The van der Waals surface area contributed by atoms with Gasteiger partial charge in [-0.05, 0) is 12.1 Å². The van der Waals surface area contributed by atoms with Crippen LogP contribution in [0.2, 0.25) is 0 Å². The lowest BCUT2D eigenvalue weighted by Gasteiger charge is -2.09. The molecule has 2 aromatic heterocycles. The van der Waals surface area contributed by atoms with Gasteiger partial charge < -0.3 is 5.11 Å². The van der Waals surface area contributed by atoms with Gasteiger partial charge in [-0.3, -0.25) is 0 Å². The zero-order valence-electron chi connectivity index (χ0n) is 8.59. The predicted molar refractivity (Wildman–Crippen MR) is 51.1 cm³/mol. The molecule has 2 heterocycles. The van der Waals surface area contributed by atoms with Crippen molar-refractivity contribution in [2.45, 2.75) is 6.18 Å². The van der Waals surface area contributed by atoms with Crippen LogP contribution in [0.3, 0.4) is 0 Å². The summed E-state index contributed by atoms with van der Waals surface area (Å²) in [5, 5.41) is 15.7. The fraction of sp³-hybridized carbons (Fsp3) is 0.111. The number of hydrogen-bond acceptors (Lipinski definition) is 4. The monoisotopic (exact) mass is 258 g/mol. The number of nitrogens with zero attached hydrogens (tertiary/aromatic N) is 4. The number of aromatic nitrogens is 4. The Balaban J connectivity index is 2.63. The van der Waals surface area contributed by atoms with Crippen LogP contribution in [0, 0.1) is 0 Å². The molecule has 0 aliphatic carbocycles. The van der Waals surface area contributed by atoms with Gasteiger partial charge in [0.15, 0.2) is 5.82 Å². The highest BCUT2D eigenvalue weighted by Crippen LogP contribution is 2.28. The van der Waals surface area contributed by atoms with Crippen LogP contribution in [0.1, 0.15) is 16.1 Å². The van der Waals surface area contributed by atoms with E-state index < -0.39 is 29.2 Å². The van der Waals surface area contributed by atoms with Crippen molar-refractivity contribution < 1.29 is 23.1 Å². The summed E-state index contributed by atoms with van der Waals surface area (Å²) in [4.78, 5) is 14.2. The SMILES string of the molecule is O=C(O)c1ccc(C(F)(F)F)nc1-n1ccnn1. The largest absolute Gasteiger partial charge is 0.478 e. The van der Waals surface area contributed by atoms with Crippen LogP contribution in [-0.4, -0.2) is 31.1 Å². The lowest BCUT2D eigenvalue weighted by Crippen LogP contribution is -2.14. The van der Waals surface area contributed by atoms with E-state index in [-0.39, 0.29) is 0 Å². The third-order valence-corrected chi connectivity index (χ3v) is 2.04. The summed E-state index contributed by atoms with van der Waals surface area (Å²) in [7, 11) is 0. The second kappa shape index (κ2) is 4.09. The minimum Gasteiger partial charge on any atom is -0.478 e. The van der Waals surface area contributed by atoms with E-state index in [1.165, 1.54) is 12.4 Å². The Labute approximate surface area is 97.7 Å². The van der Waals surface area contributed by atoms with Gasteiger partial charge in [0.05, 0.1) is 12.4 Å². The molecule has 1 N–H and O–H groups in total. The van der Waals surface area contributed by atoms with E-state index in [0.717, 1.165) is 10.7 Å². The second-order valence-electron chi connectivity index (χ2n) is 3.22. The van der Waals surface area contributed by atoms with Crippen LogP contribution in [-0.2, 0) is 6.18 Å². The molecule has 0 atom stereocenters. The molecular weight excluding hydrogens is 253 g/mol. The summed E-state index contributed by atoms with van der Waals surface area (Å²) in [6.07, 6.45) is -2.26. The van der Waals surface area contributed by atoms with Gasteiger partial charge in [0.25, 0.3) is 0 Å². The van der Waals surface area contributed by atoms with Crippen molar-refractivity contribution in [2.75, 3.05) is 0 Å². The molecule has 0 amide bonds. The first kappa shape index (κ1) is 12.0. The summed E-state index contributed by atoms with van der Waals surface area (Å²) >= 11 is 0. The first-order valence-corrected chi connectivity index (χ1v) is 4.58. The van der Waals surface area contributed by atoms with Gasteiger partial charge in [0.1, 0.15) is 11.3 Å². The van der Waals surface area contributed by atoms with Gasteiger partial charge >= 0.3 is 12.1 Å². The number of halogens is 3. The van der Waals surface area contributed by atoms with Gasteiger partial charge in [0.2, 0.25) is 0 Å². The van der Waals surface area contributed by atoms with Gasteiger partial charge in [-0.15, -0.1) is 5.10 Å². The van der Waals surface area contributed by atoms with Crippen molar-refractivity contribution >= 4 is 5.97 Å². The number of hydrogen-bond donors (Lipinski definition) is 1. The van der Waals surface area contributed by atoms with Gasteiger partial charge in [-0.2, -0.15) is 13.2 Å². The molecule has 2 aromatic rings. The number of rotatable bonds is 2. The van der Waals surface area contributed by atoms with Crippen molar-refractivity contribution in [3.05, 3.63) is 35.8 Å². The minimum atomic E-state index is -4.66. The summed E-state index contributed by atoms with van der Waals surface area (Å²) in [5.74, 6) is -1.84. The van der Waals surface area contributed by atoms with E-state index in [9.17, 15) is 18.0 Å². The molecule has 18 heavy (non-hydrogen) atoms. The maximum absolute atomic E-state index is 12.5. The first-order chi connectivity index (χ1) is 8.39. The number of pyridine rings is 1. The van der Waals surface area contributed by atoms with Crippen molar-refractivity contribution in [1.82, 2.24) is 20.0 Å². The van der Waals surface area contributed by atoms with Gasteiger partial charge in [0, 0.05) is 0 Å². The smallest absolute Gasteiger partial charge is 0.433 e. The Morgan fingerprint density at radius 3 is 2.56 bits per heavy atom. The van der Waals surface area contributed by atoms with Crippen LogP contribution >= 0.6 is 0 Å². The van der Waals surface area contributed by atoms with Crippen LogP contribution < -0.4 is 0 Å². The lowest BCUT2D eigenvalue weighted by molar-refractivity contribution is -0.141. The van der Waals surface area contributed by atoms with E-state index in [1.54, 1.807) is 0 Å². The molecule has 0 spiro atoms. The van der Waals surface area contributed by atoms with E-state index in [0.29, 0.717) is 6.07 Å². The molecule has 0 unspecified atom stereocenters. The molecule has 0 saturated heterocycles. The Kier molecular flexibility index (Phi) is 2.73. The van der Waals surface area contributed by atoms with Crippen molar-refractivity contribution in [1.29, 1.82) is 0 Å². The van der Waals surface area contributed by atoms with Crippen LogP contribution in [0.25, 0.3) is 5.82 Å². The third kappa shape index (κ3) is 2.14. The quantitative estimate of drug-likeness (QED) is 0.880. The van der Waals surface area contributed by atoms with E-state index in [2.05, 4.69) is 15.3 Å². The highest BCUT2D eigenvalue weighted by Gasteiger charge is 2.33. The molecule has 0 bridgehead atoms. The van der Waals surface area contributed by atoms with Crippen LogP contribution in [0.5, 0.6) is 0 Å². The Bertz CT molecular complexity index is 580. The summed E-state index contributed by atoms with van der Waals surface area (Å²) in [5.41, 5.74) is -1.59. The van der Waals surface area contributed by atoms with E-state index in [4.69, 9.17) is 5.11 Å². The number of alkyl halides is 3. The Hall–Kier alpha value is -2.45. The van der Waals surface area contributed by atoms with E-state index >= 15 is 0 Å². The van der Waals surface area contributed by atoms with E-state index in [1.807, 2.05) is 0 Å². The zero-order chi connectivity index (χ0) is 13.3. The summed E-state index contributed by atoms with van der Waals surface area (Å²) in [6, 6.07) is 1.43. The van der Waals surface area contributed by atoms with Crippen molar-refractivity contribution in [3.63, 3.8) is 0 Å². The third-order valence-electron chi connectivity index (χ3n) is 2.04. The highest BCUT2D eigenvalue weighted by atomic mass is 19.4. The zero-order valence-corrected chi connectivity index (χ0v) is 8.59. The molecule has 0 saturated carbocycles. The summed E-state index contributed by atoms with van der Waals surface area (Å²) in [6.45, 7) is 0. The summed E-state index contributed by atoms with van der Waals surface area (Å²) < 4.78 is 38.3. The molecule has 0 radical (unpaired) electrons. The molecule has 6 nitrogen and oxygen atoms in total. The standard InChI is InChI=1S/C9H5F3N4O2/c10-9(11,12)6-2-1-5(8(17)18)7(14-6)16-4-3-13-15-16/h1-4H,(H,17,18). The molecular formula is C9H5F3N4O2. The molecule has 0 aliphatic rings. The predicted octanol–water partition coefficient (Wildman–Crippen LogP) is 1.38. The fourth-order valence-electron chi connectivity index (χ4n) is 1.27. The van der Waals surface area contributed by atoms with Crippen molar-refractivity contribution in [2.24, 2.45) is 0 Å². The Morgan fingerprint density at radius 1 is 1.33 bits per heavy atom. The minimum absolute atomic E-state index is 0.395. The normalized spacial score (nSPS) is 11.5. The number of carboxylic acids is 1. The molecule has 2 rings (SSSR count). The van der Waals surface area contributed by atoms with Crippen LogP contribution in [0.4, 0.5) is 13.2 Å². The van der Waals surface area contributed by atoms with Gasteiger partial charge in [-0.25, -0.2) is 14.5 Å². The molecule has 0 aromatic carbocycles. The maximum atomic E-state index is 12.5. The second-order valence-corrected chi connectivity index (χ2v) is 3.22.